The zero-order valence-electron chi connectivity index (χ0n) is 25.1. The van der Waals surface area contributed by atoms with E-state index in [1.807, 2.05) is 0 Å². The number of para-hydroxylation sites is 2. The summed E-state index contributed by atoms with van der Waals surface area (Å²) in [6.07, 6.45) is 0. The summed E-state index contributed by atoms with van der Waals surface area (Å²) in [6.45, 7) is 0. The first kappa shape index (κ1) is 25.2. The molecule has 2 nitrogen and oxygen atoms in total. The van der Waals surface area contributed by atoms with Crippen molar-refractivity contribution in [2.75, 3.05) is 0 Å². The number of rotatable bonds is 3. The molecule has 0 bridgehead atoms. The summed E-state index contributed by atoms with van der Waals surface area (Å²) < 4.78 is 4.88. The van der Waals surface area contributed by atoms with Crippen molar-refractivity contribution in [2.24, 2.45) is 0 Å². The van der Waals surface area contributed by atoms with E-state index in [-0.39, 0.29) is 0 Å². The highest BCUT2D eigenvalue weighted by atomic mass is 15.0. The van der Waals surface area contributed by atoms with E-state index in [0.29, 0.717) is 0 Å². The van der Waals surface area contributed by atoms with Crippen molar-refractivity contribution >= 4 is 65.2 Å². The van der Waals surface area contributed by atoms with Crippen molar-refractivity contribution in [2.45, 2.75) is 0 Å². The number of hydrogen-bond acceptors (Lipinski definition) is 0. The second-order valence-corrected chi connectivity index (χ2v) is 12.2. The van der Waals surface area contributed by atoms with E-state index >= 15 is 0 Å². The highest BCUT2D eigenvalue weighted by molar-refractivity contribution is 6.25. The predicted molar refractivity (Wildman–Crippen MR) is 196 cm³/mol. The molecule has 0 saturated carbocycles. The minimum absolute atomic E-state index is 1.16. The van der Waals surface area contributed by atoms with Crippen LogP contribution in [0.15, 0.2) is 170 Å². The Hall–Kier alpha value is -6.12. The van der Waals surface area contributed by atoms with Crippen molar-refractivity contribution in [1.29, 1.82) is 0 Å². The molecule has 46 heavy (non-hydrogen) atoms. The van der Waals surface area contributed by atoms with Crippen LogP contribution < -0.4 is 0 Å². The lowest BCUT2D eigenvalue weighted by Crippen LogP contribution is -1.96. The minimum atomic E-state index is 1.16. The lowest BCUT2D eigenvalue weighted by Gasteiger charge is -2.12. The van der Waals surface area contributed by atoms with Gasteiger partial charge in [-0.3, -0.25) is 0 Å². The zero-order valence-corrected chi connectivity index (χ0v) is 25.1. The average molecular weight is 585 g/mol. The molecule has 2 aromatic heterocycles. The summed E-state index contributed by atoms with van der Waals surface area (Å²) in [4.78, 5) is 0. The van der Waals surface area contributed by atoms with E-state index in [2.05, 4.69) is 179 Å². The van der Waals surface area contributed by atoms with Crippen LogP contribution in [0.3, 0.4) is 0 Å². The molecule has 10 aromatic rings. The molecule has 2 heterocycles. The Kier molecular flexibility index (Phi) is 5.31. The standard InChI is InChI=1S/C44H28N2/c1-2-15-34(16-3-1)45-41-24-23-30-12-6-7-18-36(30)44(41)39-27-38-37-19-8-9-20-40(37)46(42(38)28-43(39)45)35-17-10-14-32(26-35)33-22-21-29-11-4-5-13-31(29)25-33/h1-28H. The van der Waals surface area contributed by atoms with Gasteiger partial charge < -0.3 is 9.13 Å². The largest absolute Gasteiger partial charge is 0.309 e. The maximum absolute atomic E-state index is 2.44. The minimum Gasteiger partial charge on any atom is -0.309 e. The van der Waals surface area contributed by atoms with Crippen LogP contribution in [0.25, 0.3) is 87.7 Å². The topological polar surface area (TPSA) is 9.86 Å². The lowest BCUT2D eigenvalue weighted by atomic mass is 10.0. The zero-order chi connectivity index (χ0) is 30.2. The molecule has 0 aliphatic heterocycles. The van der Waals surface area contributed by atoms with Crippen molar-refractivity contribution in [3.8, 4) is 22.5 Å². The number of hydrogen-bond donors (Lipinski definition) is 0. The average Bonchev–Trinajstić information content (AvgIpc) is 3.63. The first-order valence-electron chi connectivity index (χ1n) is 15.9. The highest BCUT2D eigenvalue weighted by Gasteiger charge is 2.20. The summed E-state index contributed by atoms with van der Waals surface area (Å²) in [5.41, 5.74) is 9.60. The molecule has 214 valence electrons. The maximum atomic E-state index is 2.44. The quantitative estimate of drug-likeness (QED) is 0.195. The summed E-state index contributed by atoms with van der Waals surface area (Å²) in [6, 6.07) is 62.0. The molecule has 0 amide bonds. The molecule has 0 N–H and O–H groups in total. The first-order valence-corrected chi connectivity index (χ1v) is 15.9. The van der Waals surface area contributed by atoms with Crippen LogP contribution in [-0.4, -0.2) is 9.13 Å². The van der Waals surface area contributed by atoms with Crippen LogP contribution in [0.4, 0.5) is 0 Å². The monoisotopic (exact) mass is 584 g/mol. The number of fused-ring (bicyclic) bond motifs is 9. The summed E-state index contributed by atoms with van der Waals surface area (Å²) in [5.74, 6) is 0. The van der Waals surface area contributed by atoms with Gasteiger partial charge in [0.2, 0.25) is 0 Å². The van der Waals surface area contributed by atoms with Gasteiger partial charge in [0.1, 0.15) is 0 Å². The molecule has 0 spiro atoms. The number of nitrogens with zero attached hydrogens (tertiary/aromatic N) is 2. The van der Waals surface area contributed by atoms with Gasteiger partial charge in [0.05, 0.1) is 22.1 Å². The molecule has 0 radical (unpaired) electrons. The van der Waals surface area contributed by atoms with Crippen LogP contribution in [0.2, 0.25) is 0 Å². The Labute approximate surface area is 266 Å². The third-order valence-corrected chi connectivity index (χ3v) is 9.65. The molecule has 0 atom stereocenters. The molecule has 10 rings (SSSR count). The van der Waals surface area contributed by atoms with E-state index in [4.69, 9.17) is 0 Å². The van der Waals surface area contributed by atoms with E-state index in [1.165, 1.54) is 76.3 Å². The van der Waals surface area contributed by atoms with E-state index < -0.39 is 0 Å². The molecule has 2 heteroatoms. The molecule has 0 aliphatic carbocycles. The lowest BCUT2D eigenvalue weighted by molar-refractivity contribution is 1.17. The highest BCUT2D eigenvalue weighted by Crippen LogP contribution is 2.42. The van der Waals surface area contributed by atoms with E-state index in [1.54, 1.807) is 0 Å². The second kappa shape index (κ2) is 9.69. The van der Waals surface area contributed by atoms with E-state index in [0.717, 1.165) is 11.4 Å². The van der Waals surface area contributed by atoms with Gasteiger partial charge >= 0.3 is 0 Å². The molecule has 8 aromatic carbocycles. The smallest absolute Gasteiger partial charge is 0.0562 e. The predicted octanol–water partition coefficient (Wildman–Crippen LogP) is 11.9. The SMILES string of the molecule is c1ccc(-n2c3cc4c(cc3c3c5ccccc5ccc32)c2ccccc2n4-c2cccc(-c3ccc4ccccc4c3)c2)cc1. The molecule has 0 saturated heterocycles. The fourth-order valence-electron chi connectivity index (χ4n) is 7.58. The van der Waals surface area contributed by atoms with E-state index in [9.17, 15) is 0 Å². The van der Waals surface area contributed by atoms with Gasteiger partial charge in [-0.1, -0.05) is 115 Å². The maximum Gasteiger partial charge on any atom is 0.0562 e. The number of benzene rings is 8. The Balaban J connectivity index is 1.30. The van der Waals surface area contributed by atoms with Gasteiger partial charge in [0, 0.05) is 32.9 Å². The van der Waals surface area contributed by atoms with Gasteiger partial charge in [-0.15, -0.1) is 0 Å². The Bertz CT molecular complexity index is 2800. The van der Waals surface area contributed by atoms with Crippen molar-refractivity contribution in [3.63, 3.8) is 0 Å². The van der Waals surface area contributed by atoms with Crippen molar-refractivity contribution < 1.29 is 0 Å². The molecule has 0 fully saturated rings. The van der Waals surface area contributed by atoms with Gasteiger partial charge in [-0.2, -0.15) is 0 Å². The third-order valence-electron chi connectivity index (χ3n) is 9.65. The molecule has 0 unspecified atom stereocenters. The van der Waals surface area contributed by atoms with Crippen LogP contribution in [0.1, 0.15) is 0 Å². The first-order chi connectivity index (χ1) is 22.8. The molecular weight excluding hydrogens is 556 g/mol. The second-order valence-electron chi connectivity index (χ2n) is 12.2. The number of aromatic nitrogens is 2. The Morgan fingerprint density at radius 3 is 1.83 bits per heavy atom. The van der Waals surface area contributed by atoms with Crippen LogP contribution >= 0.6 is 0 Å². The normalized spacial score (nSPS) is 11.9. The fraction of sp³-hybridized carbons (Fsp3) is 0. The van der Waals surface area contributed by atoms with Crippen LogP contribution in [-0.2, 0) is 0 Å². The summed E-state index contributed by atoms with van der Waals surface area (Å²) >= 11 is 0. The summed E-state index contributed by atoms with van der Waals surface area (Å²) in [7, 11) is 0. The third kappa shape index (κ3) is 3.65. The molecular formula is C44H28N2. The van der Waals surface area contributed by atoms with Crippen LogP contribution in [0, 0.1) is 0 Å². The van der Waals surface area contributed by atoms with Crippen molar-refractivity contribution in [1.82, 2.24) is 9.13 Å². The summed E-state index contributed by atoms with van der Waals surface area (Å²) in [5, 5.41) is 10.2. The fourth-order valence-corrected chi connectivity index (χ4v) is 7.58. The van der Waals surface area contributed by atoms with Gasteiger partial charge in [0.25, 0.3) is 0 Å². The Morgan fingerprint density at radius 2 is 0.935 bits per heavy atom. The molecule has 0 aliphatic rings. The van der Waals surface area contributed by atoms with Crippen molar-refractivity contribution in [3.05, 3.63) is 170 Å². The van der Waals surface area contributed by atoms with Gasteiger partial charge in [-0.25, -0.2) is 0 Å². The Morgan fingerprint density at radius 1 is 0.283 bits per heavy atom. The van der Waals surface area contributed by atoms with Gasteiger partial charge in [0.15, 0.2) is 0 Å². The van der Waals surface area contributed by atoms with Gasteiger partial charge in [-0.05, 0) is 87.3 Å². The van der Waals surface area contributed by atoms with Crippen LogP contribution in [0.5, 0.6) is 0 Å².